The first-order chi connectivity index (χ1) is 6.72. The van der Waals surface area contributed by atoms with Gasteiger partial charge in [0, 0.05) is 19.1 Å². The molecule has 14 heavy (non-hydrogen) atoms. The fraction of sp³-hybridized carbons (Fsp3) is 0.909. The van der Waals surface area contributed by atoms with Gasteiger partial charge in [-0.2, -0.15) is 0 Å². The molecule has 1 aliphatic heterocycles. The average molecular weight is 194 g/mol. The van der Waals surface area contributed by atoms with E-state index in [-0.39, 0.29) is 11.5 Å². The number of rotatable bonds is 1. The molecule has 1 heterocycles. The molecule has 0 aromatic carbocycles. The highest BCUT2D eigenvalue weighted by Crippen LogP contribution is 2.64. The van der Waals surface area contributed by atoms with Gasteiger partial charge in [0.2, 0.25) is 5.91 Å². The van der Waals surface area contributed by atoms with Crippen molar-refractivity contribution < 1.29 is 4.79 Å². The zero-order valence-electron chi connectivity index (χ0n) is 8.54. The van der Waals surface area contributed by atoms with Gasteiger partial charge >= 0.3 is 0 Å². The molecule has 0 aromatic rings. The number of amides is 1. The van der Waals surface area contributed by atoms with Crippen molar-refractivity contribution in [3.05, 3.63) is 0 Å². The molecule has 1 saturated heterocycles. The van der Waals surface area contributed by atoms with Gasteiger partial charge in [0.25, 0.3) is 0 Å². The molecule has 2 N–H and O–H groups in total. The predicted octanol–water partition coefficient (Wildman–Crippen LogP) is 0.736. The second-order valence-corrected chi connectivity index (χ2v) is 5.25. The summed E-state index contributed by atoms with van der Waals surface area (Å²) >= 11 is 0. The molecule has 2 aliphatic carbocycles. The number of nitrogens with zero attached hydrogens (tertiary/aromatic N) is 1. The Kier molecular flexibility index (Phi) is 1.69. The Balaban J connectivity index is 1.71. The molecule has 2 saturated carbocycles. The van der Waals surface area contributed by atoms with Gasteiger partial charge in [-0.15, -0.1) is 0 Å². The van der Waals surface area contributed by atoms with E-state index < -0.39 is 0 Å². The molecular formula is C11H18N2O. The van der Waals surface area contributed by atoms with E-state index in [9.17, 15) is 4.79 Å². The summed E-state index contributed by atoms with van der Waals surface area (Å²) in [5.74, 6) is 1.15. The van der Waals surface area contributed by atoms with Crippen LogP contribution in [0.25, 0.3) is 0 Å². The van der Waals surface area contributed by atoms with Crippen LogP contribution >= 0.6 is 0 Å². The Morgan fingerprint density at radius 1 is 1.43 bits per heavy atom. The first-order valence-electron chi connectivity index (χ1n) is 5.77. The van der Waals surface area contributed by atoms with E-state index in [1.165, 1.54) is 12.8 Å². The van der Waals surface area contributed by atoms with Crippen LogP contribution in [0.1, 0.15) is 32.1 Å². The summed E-state index contributed by atoms with van der Waals surface area (Å²) < 4.78 is 0. The zero-order valence-corrected chi connectivity index (χ0v) is 8.54. The molecule has 3 nitrogen and oxygen atoms in total. The quantitative estimate of drug-likeness (QED) is 0.669. The number of hydrogen-bond acceptors (Lipinski definition) is 2. The molecule has 3 heteroatoms. The number of nitrogens with two attached hydrogens (primary N) is 1. The largest absolute Gasteiger partial charge is 0.341 e. The van der Waals surface area contributed by atoms with Crippen LogP contribution in [0.2, 0.25) is 0 Å². The van der Waals surface area contributed by atoms with Gasteiger partial charge in [0.1, 0.15) is 0 Å². The van der Waals surface area contributed by atoms with Crippen LogP contribution in [0.15, 0.2) is 0 Å². The highest BCUT2D eigenvalue weighted by molar-refractivity contribution is 5.86. The molecule has 0 aromatic heterocycles. The lowest BCUT2D eigenvalue weighted by atomic mass is 10.0. The van der Waals surface area contributed by atoms with E-state index in [1.54, 1.807) is 0 Å². The fourth-order valence-electron chi connectivity index (χ4n) is 3.38. The van der Waals surface area contributed by atoms with Crippen molar-refractivity contribution in [2.45, 2.75) is 38.1 Å². The first kappa shape index (κ1) is 8.72. The van der Waals surface area contributed by atoms with Crippen molar-refractivity contribution in [1.82, 2.24) is 4.90 Å². The second kappa shape index (κ2) is 2.72. The van der Waals surface area contributed by atoms with Gasteiger partial charge in [-0.3, -0.25) is 4.79 Å². The maximum absolute atomic E-state index is 12.2. The lowest BCUT2D eigenvalue weighted by molar-refractivity contribution is -0.136. The molecular weight excluding hydrogens is 176 g/mol. The van der Waals surface area contributed by atoms with E-state index in [0.717, 1.165) is 38.3 Å². The number of carbonyl (C=O) groups is 1. The SMILES string of the molecule is NC1CCN(C(=O)C23CCCC2C3)C1. The van der Waals surface area contributed by atoms with Crippen LogP contribution in [0, 0.1) is 11.3 Å². The lowest BCUT2D eigenvalue weighted by Crippen LogP contribution is -2.37. The van der Waals surface area contributed by atoms with E-state index in [0.29, 0.717) is 5.91 Å². The summed E-state index contributed by atoms with van der Waals surface area (Å²) in [4.78, 5) is 14.2. The van der Waals surface area contributed by atoms with Crippen LogP contribution in [0.4, 0.5) is 0 Å². The Morgan fingerprint density at radius 2 is 2.29 bits per heavy atom. The van der Waals surface area contributed by atoms with E-state index in [4.69, 9.17) is 5.73 Å². The summed E-state index contributed by atoms with van der Waals surface area (Å²) in [6, 6.07) is 0.231. The van der Waals surface area contributed by atoms with Gasteiger partial charge in [-0.25, -0.2) is 0 Å². The van der Waals surface area contributed by atoms with Gasteiger partial charge in [-0.05, 0) is 31.6 Å². The molecule has 78 valence electrons. The monoisotopic (exact) mass is 194 g/mol. The minimum atomic E-state index is 0.101. The minimum absolute atomic E-state index is 0.101. The maximum atomic E-state index is 12.2. The Hall–Kier alpha value is -0.570. The van der Waals surface area contributed by atoms with Crippen molar-refractivity contribution in [2.75, 3.05) is 13.1 Å². The molecule has 0 spiro atoms. The topological polar surface area (TPSA) is 46.3 Å². The van der Waals surface area contributed by atoms with Crippen LogP contribution in [-0.2, 0) is 4.79 Å². The third-order valence-corrected chi connectivity index (χ3v) is 4.35. The summed E-state index contributed by atoms with van der Waals surface area (Å²) in [5, 5.41) is 0. The first-order valence-corrected chi connectivity index (χ1v) is 5.77. The van der Waals surface area contributed by atoms with Crippen molar-refractivity contribution in [3.63, 3.8) is 0 Å². The van der Waals surface area contributed by atoms with Crippen LogP contribution in [0.3, 0.4) is 0 Å². The van der Waals surface area contributed by atoms with E-state index in [1.807, 2.05) is 4.90 Å². The molecule has 0 radical (unpaired) electrons. The molecule has 0 bridgehead atoms. The molecule has 3 rings (SSSR count). The average Bonchev–Trinajstić information content (AvgIpc) is 2.59. The lowest BCUT2D eigenvalue weighted by Gasteiger charge is -2.21. The van der Waals surface area contributed by atoms with Crippen LogP contribution in [-0.4, -0.2) is 29.9 Å². The number of likely N-dealkylation sites (tertiary alicyclic amines) is 1. The van der Waals surface area contributed by atoms with Gasteiger partial charge < -0.3 is 10.6 Å². The summed E-state index contributed by atoms with van der Waals surface area (Å²) in [5.41, 5.74) is 5.93. The van der Waals surface area contributed by atoms with Crippen LogP contribution < -0.4 is 5.73 Å². The highest BCUT2D eigenvalue weighted by Gasteiger charge is 2.63. The third kappa shape index (κ3) is 1.05. The molecule has 3 unspecified atom stereocenters. The van der Waals surface area contributed by atoms with Gasteiger partial charge in [0.15, 0.2) is 0 Å². The summed E-state index contributed by atoms with van der Waals surface area (Å²) in [6.45, 7) is 1.70. The predicted molar refractivity (Wildman–Crippen MR) is 53.6 cm³/mol. The van der Waals surface area contributed by atoms with Crippen molar-refractivity contribution >= 4 is 5.91 Å². The zero-order chi connectivity index (χ0) is 9.76. The molecule has 3 fully saturated rings. The van der Waals surface area contributed by atoms with E-state index in [2.05, 4.69) is 0 Å². The number of fused-ring (bicyclic) bond motifs is 1. The summed E-state index contributed by atoms with van der Waals surface area (Å²) in [6.07, 6.45) is 5.84. The Morgan fingerprint density at radius 3 is 2.79 bits per heavy atom. The Bertz CT molecular complexity index is 278. The van der Waals surface area contributed by atoms with Crippen LogP contribution in [0.5, 0.6) is 0 Å². The van der Waals surface area contributed by atoms with Crippen molar-refractivity contribution in [1.29, 1.82) is 0 Å². The standard InChI is InChI=1S/C11H18N2O/c12-9-3-5-13(7-9)10(14)11-4-1-2-8(11)6-11/h8-9H,1-7,12H2. The number of carbonyl (C=O) groups excluding carboxylic acids is 1. The van der Waals surface area contributed by atoms with E-state index >= 15 is 0 Å². The minimum Gasteiger partial charge on any atom is -0.341 e. The maximum Gasteiger partial charge on any atom is 0.229 e. The highest BCUT2D eigenvalue weighted by atomic mass is 16.2. The Labute approximate surface area is 84.6 Å². The fourth-order valence-corrected chi connectivity index (χ4v) is 3.38. The van der Waals surface area contributed by atoms with Crippen molar-refractivity contribution in [2.24, 2.45) is 17.1 Å². The third-order valence-electron chi connectivity index (χ3n) is 4.35. The summed E-state index contributed by atoms with van der Waals surface area (Å²) in [7, 11) is 0. The molecule has 3 atom stereocenters. The number of hydrogen-bond donors (Lipinski definition) is 1. The molecule has 3 aliphatic rings. The van der Waals surface area contributed by atoms with Crippen molar-refractivity contribution in [3.8, 4) is 0 Å². The second-order valence-electron chi connectivity index (χ2n) is 5.25. The molecule has 1 amide bonds. The smallest absolute Gasteiger partial charge is 0.229 e. The van der Waals surface area contributed by atoms with Gasteiger partial charge in [0.05, 0.1) is 5.41 Å². The van der Waals surface area contributed by atoms with Gasteiger partial charge in [-0.1, -0.05) is 6.42 Å². The normalized spacial score (nSPS) is 45.4.